The Bertz CT molecular complexity index is 705. The monoisotopic (exact) mass is 357 g/mol. The molecule has 2 rings (SSSR count). The average molecular weight is 357 g/mol. The summed E-state index contributed by atoms with van der Waals surface area (Å²) in [6.07, 6.45) is 0.955. The van der Waals surface area contributed by atoms with E-state index < -0.39 is 5.82 Å². The third-order valence-corrected chi connectivity index (χ3v) is 4.00. The third kappa shape index (κ3) is 6.29. The summed E-state index contributed by atoms with van der Waals surface area (Å²) in [6, 6.07) is 15.2. The molecule has 0 aromatic heterocycles. The van der Waals surface area contributed by atoms with Crippen LogP contribution in [0.1, 0.15) is 22.3 Å². The number of hydrogen-bond acceptors (Lipinski definition) is 3. The molecule has 0 fully saturated rings. The number of rotatable bonds is 9. The zero-order valence-corrected chi connectivity index (χ0v) is 14.7. The Hall–Kier alpha value is -2.73. The van der Waals surface area contributed by atoms with Crippen molar-refractivity contribution in [1.82, 2.24) is 10.2 Å². The molecule has 2 amide bonds. The fourth-order valence-corrected chi connectivity index (χ4v) is 2.57. The van der Waals surface area contributed by atoms with E-state index in [1.54, 1.807) is 4.90 Å². The lowest BCUT2D eigenvalue weighted by atomic mass is 10.1. The number of halogens is 1. The number of amides is 2. The summed E-state index contributed by atoms with van der Waals surface area (Å²) in [5, 5.41) is 2.68. The van der Waals surface area contributed by atoms with Crippen LogP contribution in [0, 0.1) is 5.82 Å². The van der Waals surface area contributed by atoms with Gasteiger partial charge in [0.25, 0.3) is 5.91 Å². The zero-order valence-electron chi connectivity index (χ0n) is 14.7. The molecule has 0 saturated heterocycles. The van der Waals surface area contributed by atoms with E-state index >= 15 is 0 Å². The average Bonchev–Trinajstić information content (AvgIpc) is 2.66. The SMILES string of the molecule is NCCN(CCc1ccccc1)C(=O)CCNC(=O)c1ccc(F)cc1. The molecule has 138 valence electrons. The minimum atomic E-state index is -0.396. The van der Waals surface area contributed by atoms with Crippen LogP contribution in [0.5, 0.6) is 0 Å². The van der Waals surface area contributed by atoms with Gasteiger partial charge >= 0.3 is 0 Å². The minimum Gasteiger partial charge on any atom is -0.352 e. The molecule has 2 aromatic rings. The van der Waals surface area contributed by atoms with Gasteiger partial charge in [0.2, 0.25) is 5.91 Å². The van der Waals surface area contributed by atoms with Gasteiger partial charge in [0.05, 0.1) is 0 Å². The molecule has 3 N–H and O–H groups in total. The molecule has 26 heavy (non-hydrogen) atoms. The smallest absolute Gasteiger partial charge is 0.251 e. The number of carbonyl (C=O) groups excluding carboxylic acids is 2. The molecule has 5 nitrogen and oxygen atoms in total. The summed E-state index contributed by atoms with van der Waals surface area (Å²) in [6.45, 7) is 1.69. The maximum absolute atomic E-state index is 12.9. The molecule has 0 saturated carbocycles. The van der Waals surface area contributed by atoms with Gasteiger partial charge in [-0.05, 0) is 36.2 Å². The van der Waals surface area contributed by atoms with E-state index in [2.05, 4.69) is 5.32 Å². The van der Waals surface area contributed by atoms with Gasteiger partial charge in [0.15, 0.2) is 0 Å². The fraction of sp³-hybridized carbons (Fsp3) is 0.300. The first-order valence-corrected chi connectivity index (χ1v) is 8.65. The van der Waals surface area contributed by atoms with Crippen LogP contribution in [0.25, 0.3) is 0 Å². The molecule has 2 aromatic carbocycles. The van der Waals surface area contributed by atoms with Gasteiger partial charge in [0.1, 0.15) is 5.82 Å². The van der Waals surface area contributed by atoms with Crippen molar-refractivity contribution >= 4 is 11.8 Å². The molecular formula is C20H24FN3O2. The standard InChI is InChI=1S/C20H24FN3O2/c21-18-8-6-17(7-9-18)20(26)23-13-10-19(25)24(15-12-22)14-11-16-4-2-1-3-5-16/h1-9H,10-15,22H2,(H,23,26). The highest BCUT2D eigenvalue weighted by Crippen LogP contribution is 2.04. The van der Waals surface area contributed by atoms with Crippen molar-refractivity contribution in [3.63, 3.8) is 0 Å². The van der Waals surface area contributed by atoms with Gasteiger partial charge < -0.3 is 16.0 Å². The number of carbonyl (C=O) groups is 2. The highest BCUT2D eigenvalue weighted by atomic mass is 19.1. The van der Waals surface area contributed by atoms with Crippen LogP contribution in [0.2, 0.25) is 0 Å². The van der Waals surface area contributed by atoms with Crippen LogP contribution < -0.4 is 11.1 Å². The third-order valence-electron chi connectivity index (χ3n) is 4.00. The predicted octanol–water partition coefficient (Wildman–Crippen LogP) is 1.98. The highest BCUT2D eigenvalue weighted by molar-refractivity contribution is 5.94. The van der Waals surface area contributed by atoms with Gasteiger partial charge in [-0.15, -0.1) is 0 Å². The summed E-state index contributed by atoms with van der Waals surface area (Å²) < 4.78 is 12.9. The van der Waals surface area contributed by atoms with Crippen molar-refractivity contribution in [1.29, 1.82) is 0 Å². The molecule has 6 heteroatoms. The van der Waals surface area contributed by atoms with Crippen LogP contribution in [0.3, 0.4) is 0 Å². The quantitative estimate of drug-likeness (QED) is 0.720. The molecule has 0 aliphatic heterocycles. The number of benzene rings is 2. The molecule has 0 heterocycles. The van der Waals surface area contributed by atoms with Crippen LogP contribution in [0.15, 0.2) is 54.6 Å². The summed E-state index contributed by atoms with van der Waals surface area (Å²) in [7, 11) is 0. The Morgan fingerprint density at radius 3 is 2.35 bits per heavy atom. The summed E-state index contributed by atoms with van der Waals surface area (Å²) in [5.74, 6) is -0.772. The molecule has 0 aliphatic rings. The van der Waals surface area contributed by atoms with E-state index in [1.165, 1.54) is 24.3 Å². The lowest BCUT2D eigenvalue weighted by Crippen LogP contribution is -2.38. The molecule has 0 aliphatic carbocycles. The van der Waals surface area contributed by atoms with Crippen LogP contribution in [-0.4, -0.2) is 42.9 Å². The van der Waals surface area contributed by atoms with E-state index in [0.29, 0.717) is 25.2 Å². The van der Waals surface area contributed by atoms with Gasteiger partial charge in [0, 0.05) is 38.2 Å². The van der Waals surface area contributed by atoms with Gasteiger partial charge in [-0.1, -0.05) is 30.3 Å². The summed E-state index contributed by atoms with van der Waals surface area (Å²) in [5.41, 5.74) is 7.13. The van der Waals surface area contributed by atoms with Crippen molar-refractivity contribution in [3.05, 3.63) is 71.5 Å². The first kappa shape index (κ1) is 19.6. The normalized spacial score (nSPS) is 10.4. The van der Waals surface area contributed by atoms with Crippen LogP contribution >= 0.6 is 0 Å². The maximum Gasteiger partial charge on any atom is 0.251 e. The second-order valence-electron chi connectivity index (χ2n) is 5.92. The van der Waals surface area contributed by atoms with Gasteiger partial charge in [-0.3, -0.25) is 9.59 Å². The number of nitrogens with zero attached hydrogens (tertiary/aromatic N) is 1. The largest absolute Gasteiger partial charge is 0.352 e. The second-order valence-corrected chi connectivity index (χ2v) is 5.92. The molecule has 0 spiro atoms. The van der Waals surface area contributed by atoms with E-state index in [9.17, 15) is 14.0 Å². The Morgan fingerprint density at radius 1 is 1.00 bits per heavy atom. The number of nitrogens with one attached hydrogen (secondary N) is 1. The van der Waals surface area contributed by atoms with Gasteiger partial charge in [-0.25, -0.2) is 4.39 Å². The first-order valence-electron chi connectivity index (χ1n) is 8.65. The maximum atomic E-state index is 12.9. The van der Waals surface area contributed by atoms with Crippen molar-refractivity contribution in [2.45, 2.75) is 12.8 Å². The van der Waals surface area contributed by atoms with Crippen LogP contribution in [0.4, 0.5) is 4.39 Å². The topological polar surface area (TPSA) is 75.4 Å². The lowest BCUT2D eigenvalue weighted by molar-refractivity contribution is -0.130. The minimum absolute atomic E-state index is 0.0502. The molecule has 0 bridgehead atoms. The molecular weight excluding hydrogens is 333 g/mol. The Labute approximate surface area is 153 Å². The molecule has 0 unspecified atom stereocenters. The number of nitrogens with two attached hydrogens (primary N) is 1. The van der Waals surface area contributed by atoms with E-state index in [-0.39, 0.29) is 24.8 Å². The van der Waals surface area contributed by atoms with Crippen molar-refractivity contribution in [2.24, 2.45) is 5.73 Å². The number of hydrogen-bond donors (Lipinski definition) is 2. The Kier molecular flexibility index (Phi) is 7.76. The van der Waals surface area contributed by atoms with Crippen LogP contribution in [-0.2, 0) is 11.2 Å². The Balaban J connectivity index is 1.79. The summed E-state index contributed by atoms with van der Waals surface area (Å²) in [4.78, 5) is 26.1. The highest BCUT2D eigenvalue weighted by Gasteiger charge is 2.13. The molecule has 0 atom stereocenters. The summed E-state index contributed by atoms with van der Waals surface area (Å²) >= 11 is 0. The fourth-order valence-electron chi connectivity index (χ4n) is 2.57. The second kappa shape index (κ2) is 10.3. The van der Waals surface area contributed by atoms with E-state index in [4.69, 9.17) is 5.73 Å². The van der Waals surface area contributed by atoms with Crippen molar-refractivity contribution in [3.8, 4) is 0 Å². The van der Waals surface area contributed by atoms with E-state index in [0.717, 1.165) is 12.0 Å². The van der Waals surface area contributed by atoms with Crippen molar-refractivity contribution < 1.29 is 14.0 Å². The Morgan fingerprint density at radius 2 is 1.69 bits per heavy atom. The molecule has 0 radical (unpaired) electrons. The first-order chi connectivity index (χ1) is 12.6. The predicted molar refractivity (Wildman–Crippen MR) is 99.1 cm³/mol. The zero-order chi connectivity index (χ0) is 18.8. The van der Waals surface area contributed by atoms with Gasteiger partial charge in [-0.2, -0.15) is 0 Å². The van der Waals surface area contributed by atoms with Crippen molar-refractivity contribution in [2.75, 3.05) is 26.2 Å². The lowest BCUT2D eigenvalue weighted by Gasteiger charge is -2.22. The van der Waals surface area contributed by atoms with E-state index in [1.807, 2.05) is 30.3 Å².